The highest BCUT2D eigenvalue weighted by molar-refractivity contribution is 5.75. The van der Waals surface area contributed by atoms with Crippen molar-refractivity contribution >= 4 is 5.91 Å². The maximum atomic E-state index is 11.8. The summed E-state index contributed by atoms with van der Waals surface area (Å²) in [6, 6.07) is 2.86. The summed E-state index contributed by atoms with van der Waals surface area (Å²) in [5.41, 5.74) is 0. The van der Waals surface area contributed by atoms with Gasteiger partial charge in [0.2, 0.25) is 5.91 Å². The van der Waals surface area contributed by atoms with Gasteiger partial charge in [-0.25, -0.2) is 0 Å². The van der Waals surface area contributed by atoms with Crippen molar-refractivity contribution in [3.63, 3.8) is 0 Å². The summed E-state index contributed by atoms with van der Waals surface area (Å²) < 4.78 is 1.64. The Hall–Kier alpha value is -1.36. The van der Waals surface area contributed by atoms with Gasteiger partial charge in [0.25, 0.3) is 0 Å². The third kappa shape index (κ3) is 4.06. The molecule has 2 heterocycles. The maximum absolute atomic E-state index is 11.8. The topological polar surface area (TPSA) is 50.2 Å². The Kier molecular flexibility index (Phi) is 4.96. The molecule has 0 aliphatic carbocycles. The van der Waals surface area contributed by atoms with Crippen molar-refractivity contribution in [2.24, 2.45) is 0 Å². The van der Waals surface area contributed by atoms with Gasteiger partial charge in [-0.1, -0.05) is 6.42 Å². The number of hydrogen-bond donors (Lipinski definition) is 1. The van der Waals surface area contributed by atoms with Gasteiger partial charge in [0.05, 0.1) is 0 Å². The normalized spacial score (nSPS) is 22.1. The van der Waals surface area contributed by atoms with Crippen LogP contribution in [-0.4, -0.2) is 45.8 Å². The first kappa shape index (κ1) is 14.1. The van der Waals surface area contributed by atoms with E-state index in [0.717, 1.165) is 6.54 Å². The minimum absolute atomic E-state index is 0.0280. The van der Waals surface area contributed by atoms with Gasteiger partial charge >= 0.3 is 0 Å². The highest BCUT2D eigenvalue weighted by atomic mass is 16.2. The zero-order valence-corrected chi connectivity index (χ0v) is 11.9. The van der Waals surface area contributed by atoms with E-state index in [-0.39, 0.29) is 5.91 Å². The number of amides is 1. The third-order valence-electron chi connectivity index (χ3n) is 3.88. The van der Waals surface area contributed by atoms with E-state index in [0.29, 0.717) is 25.2 Å². The Morgan fingerprint density at radius 3 is 3.05 bits per heavy atom. The number of carbonyl (C=O) groups is 1. The molecule has 1 N–H and O–H groups in total. The van der Waals surface area contributed by atoms with Crippen molar-refractivity contribution in [2.45, 2.75) is 51.7 Å². The Balaban J connectivity index is 1.73. The van der Waals surface area contributed by atoms with E-state index >= 15 is 0 Å². The smallest absolute Gasteiger partial charge is 0.241 e. The molecular weight excluding hydrogens is 240 g/mol. The Labute approximate surface area is 115 Å². The molecule has 0 radical (unpaired) electrons. The summed E-state index contributed by atoms with van der Waals surface area (Å²) in [5, 5.41) is 7.03. The molecule has 0 aromatic carbocycles. The standard InChI is InChI=1S/C14H24N4O/c1-12-6-3-4-9-18(12)13(2)10-15-14(19)11-17-8-5-7-16-17/h5,7-8,12-13H,3-4,6,9-11H2,1-2H3,(H,15,19)/t12-,13-/m0/s1. The molecule has 0 bridgehead atoms. The van der Waals surface area contributed by atoms with Crippen LogP contribution in [0.4, 0.5) is 0 Å². The molecule has 1 aliphatic rings. The van der Waals surface area contributed by atoms with Crippen molar-refractivity contribution in [3.8, 4) is 0 Å². The zero-order valence-electron chi connectivity index (χ0n) is 11.9. The van der Waals surface area contributed by atoms with Crippen LogP contribution < -0.4 is 5.32 Å². The van der Waals surface area contributed by atoms with E-state index in [4.69, 9.17) is 0 Å². The highest BCUT2D eigenvalue weighted by Crippen LogP contribution is 2.18. The van der Waals surface area contributed by atoms with Gasteiger partial charge in [0.1, 0.15) is 6.54 Å². The Morgan fingerprint density at radius 1 is 1.53 bits per heavy atom. The summed E-state index contributed by atoms with van der Waals surface area (Å²) in [6.07, 6.45) is 7.36. The van der Waals surface area contributed by atoms with Crippen molar-refractivity contribution in [1.82, 2.24) is 20.0 Å². The quantitative estimate of drug-likeness (QED) is 0.871. The third-order valence-corrected chi connectivity index (χ3v) is 3.88. The monoisotopic (exact) mass is 264 g/mol. The zero-order chi connectivity index (χ0) is 13.7. The molecule has 1 fully saturated rings. The van der Waals surface area contributed by atoms with E-state index in [2.05, 4.69) is 29.2 Å². The average Bonchev–Trinajstić information content (AvgIpc) is 2.89. The van der Waals surface area contributed by atoms with Gasteiger partial charge in [0, 0.05) is 31.0 Å². The number of piperidine rings is 1. The van der Waals surface area contributed by atoms with Gasteiger partial charge in [-0.2, -0.15) is 5.10 Å². The van der Waals surface area contributed by atoms with Crippen LogP contribution in [0.15, 0.2) is 18.5 Å². The van der Waals surface area contributed by atoms with E-state index in [1.165, 1.54) is 19.3 Å². The van der Waals surface area contributed by atoms with Crippen LogP contribution in [-0.2, 0) is 11.3 Å². The van der Waals surface area contributed by atoms with Crippen molar-refractivity contribution in [2.75, 3.05) is 13.1 Å². The van der Waals surface area contributed by atoms with Gasteiger partial charge < -0.3 is 5.32 Å². The number of nitrogens with one attached hydrogen (secondary N) is 1. The molecule has 1 aromatic heterocycles. The number of likely N-dealkylation sites (tertiary alicyclic amines) is 1. The van der Waals surface area contributed by atoms with Crippen LogP contribution in [0.1, 0.15) is 33.1 Å². The molecule has 1 aliphatic heterocycles. The van der Waals surface area contributed by atoms with Gasteiger partial charge in [-0.3, -0.25) is 14.4 Å². The largest absolute Gasteiger partial charge is 0.353 e. The molecule has 0 unspecified atom stereocenters. The molecule has 5 nitrogen and oxygen atoms in total. The molecule has 2 atom stereocenters. The lowest BCUT2D eigenvalue weighted by Crippen LogP contribution is -2.48. The number of nitrogens with zero attached hydrogens (tertiary/aromatic N) is 3. The Morgan fingerprint density at radius 2 is 2.37 bits per heavy atom. The summed E-state index contributed by atoms with van der Waals surface area (Å²) >= 11 is 0. The lowest BCUT2D eigenvalue weighted by atomic mass is 10.0. The molecule has 0 saturated carbocycles. The number of aromatic nitrogens is 2. The molecule has 1 saturated heterocycles. The summed E-state index contributed by atoms with van der Waals surface area (Å²) in [6.45, 7) is 6.63. The number of rotatable bonds is 5. The van der Waals surface area contributed by atoms with Crippen LogP contribution >= 0.6 is 0 Å². The predicted molar refractivity (Wildman–Crippen MR) is 74.7 cm³/mol. The minimum atomic E-state index is 0.0280. The van der Waals surface area contributed by atoms with Crippen LogP contribution in [0.5, 0.6) is 0 Å². The second-order valence-corrected chi connectivity index (χ2v) is 5.44. The van der Waals surface area contributed by atoms with E-state index in [1.54, 1.807) is 17.1 Å². The second kappa shape index (κ2) is 6.70. The van der Waals surface area contributed by atoms with Crippen LogP contribution in [0.25, 0.3) is 0 Å². The lowest BCUT2D eigenvalue weighted by molar-refractivity contribution is -0.122. The fourth-order valence-electron chi connectivity index (χ4n) is 2.75. The maximum Gasteiger partial charge on any atom is 0.241 e. The minimum Gasteiger partial charge on any atom is -0.353 e. The molecule has 0 spiro atoms. The SMILES string of the molecule is C[C@H]1CCCCN1[C@@H](C)CNC(=O)Cn1cccn1. The number of hydrogen-bond acceptors (Lipinski definition) is 3. The molecule has 1 aromatic rings. The van der Waals surface area contributed by atoms with E-state index in [9.17, 15) is 4.79 Å². The lowest BCUT2D eigenvalue weighted by Gasteiger charge is -2.38. The summed E-state index contributed by atoms with van der Waals surface area (Å²) in [5.74, 6) is 0.0280. The van der Waals surface area contributed by atoms with Crippen molar-refractivity contribution in [3.05, 3.63) is 18.5 Å². The van der Waals surface area contributed by atoms with Crippen LogP contribution in [0.2, 0.25) is 0 Å². The molecule has 2 rings (SSSR count). The van der Waals surface area contributed by atoms with Crippen LogP contribution in [0.3, 0.4) is 0 Å². The van der Waals surface area contributed by atoms with Gasteiger partial charge in [-0.15, -0.1) is 0 Å². The summed E-state index contributed by atoms with van der Waals surface area (Å²) in [4.78, 5) is 14.3. The predicted octanol–water partition coefficient (Wildman–Crippen LogP) is 1.26. The fraction of sp³-hybridized carbons (Fsp3) is 0.714. The molecular formula is C14H24N4O. The first-order valence-corrected chi connectivity index (χ1v) is 7.16. The fourth-order valence-corrected chi connectivity index (χ4v) is 2.75. The molecule has 106 valence electrons. The van der Waals surface area contributed by atoms with Crippen molar-refractivity contribution in [1.29, 1.82) is 0 Å². The van der Waals surface area contributed by atoms with Gasteiger partial charge in [-0.05, 0) is 39.3 Å². The number of carbonyl (C=O) groups excluding carboxylic acids is 1. The molecule has 1 amide bonds. The summed E-state index contributed by atoms with van der Waals surface area (Å²) in [7, 11) is 0. The van der Waals surface area contributed by atoms with Gasteiger partial charge in [0.15, 0.2) is 0 Å². The molecule has 5 heteroatoms. The average molecular weight is 264 g/mol. The van der Waals surface area contributed by atoms with E-state index in [1.807, 2.05) is 6.07 Å². The van der Waals surface area contributed by atoms with Crippen molar-refractivity contribution < 1.29 is 4.79 Å². The highest BCUT2D eigenvalue weighted by Gasteiger charge is 2.23. The van der Waals surface area contributed by atoms with Crippen LogP contribution in [0, 0.1) is 0 Å². The van der Waals surface area contributed by atoms with E-state index < -0.39 is 0 Å². The first-order valence-electron chi connectivity index (χ1n) is 7.16. The Bertz CT molecular complexity index is 390. The second-order valence-electron chi connectivity index (χ2n) is 5.44. The molecule has 19 heavy (non-hydrogen) atoms. The first-order chi connectivity index (χ1) is 9.16.